The van der Waals surface area contributed by atoms with E-state index in [-0.39, 0.29) is 5.78 Å². The fourth-order valence-corrected chi connectivity index (χ4v) is 2.07. The van der Waals surface area contributed by atoms with Gasteiger partial charge in [-0.2, -0.15) is 4.98 Å². The van der Waals surface area contributed by atoms with Crippen molar-refractivity contribution in [2.75, 3.05) is 13.2 Å². The van der Waals surface area contributed by atoms with Crippen molar-refractivity contribution in [3.8, 4) is 11.4 Å². The summed E-state index contributed by atoms with van der Waals surface area (Å²) in [5, 5.41) is 4.53. The van der Waals surface area contributed by atoms with Crippen molar-refractivity contribution < 1.29 is 14.1 Å². The summed E-state index contributed by atoms with van der Waals surface area (Å²) in [6.07, 6.45) is 0.392. The van der Waals surface area contributed by atoms with E-state index < -0.39 is 5.92 Å². The molecule has 2 heterocycles. The second-order valence-corrected chi connectivity index (χ2v) is 4.74. The fraction of sp³-hybridized carbons (Fsp3) is 0.308. The van der Waals surface area contributed by atoms with Crippen LogP contribution in [-0.4, -0.2) is 29.1 Å². The number of carbonyl (C=O) groups is 1. The SMILES string of the molecule is O=C1CCOCC1c1nc(-c2ccc(Cl)cc2)no1. The third kappa shape index (κ3) is 2.52. The quantitative estimate of drug-likeness (QED) is 0.844. The lowest BCUT2D eigenvalue weighted by Crippen LogP contribution is -2.25. The first-order chi connectivity index (χ1) is 9.24. The van der Waals surface area contributed by atoms with Gasteiger partial charge in [-0.25, -0.2) is 0 Å². The van der Waals surface area contributed by atoms with E-state index in [1.54, 1.807) is 24.3 Å². The lowest BCUT2D eigenvalue weighted by Gasteiger charge is -2.16. The van der Waals surface area contributed by atoms with Gasteiger partial charge in [-0.05, 0) is 24.3 Å². The summed E-state index contributed by atoms with van der Waals surface area (Å²) in [5.41, 5.74) is 0.795. The monoisotopic (exact) mass is 278 g/mol. The van der Waals surface area contributed by atoms with Crippen LogP contribution in [0.4, 0.5) is 0 Å². The minimum absolute atomic E-state index is 0.0811. The number of halogens is 1. The Balaban J connectivity index is 1.86. The number of Topliss-reactive ketones (excluding diaryl/α,β-unsaturated/α-hetero) is 1. The third-order valence-electron chi connectivity index (χ3n) is 3.01. The Morgan fingerprint density at radius 3 is 2.79 bits per heavy atom. The molecule has 1 fully saturated rings. The average Bonchev–Trinajstić information content (AvgIpc) is 2.89. The summed E-state index contributed by atoms with van der Waals surface area (Å²) < 4.78 is 10.4. The van der Waals surface area contributed by atoms with Gasteiger partial charge in [-0.3, -0.25) is 4.79 Å². The first-order valence-corrected chi connectivity index (χ1v) is 6.32. The molecule has 1 unspecified atom stereocenters. The van der Waals surface area contributed by atoms with E-state index in [1.165, 1.54) is 0 Å². The van der Waals surface area contributed by atoms with Gasteiger partial charge in [-0.1, -0.05) is 16.8 Å². The fourth-order valence-electron chi connectivity index (χ4n) is 1.94. The average molecular weight is 279 g/mol. The Labute approximate surface area is 114 Å². The first-order valence-electron chi connectivity index (χ1n) is 5.94. The summed E-state index contributed by atoms with van der Waals surface area (Å²) in [6.45, 7) is 0.772. The molecule has 1 atom stereocenters. The van der Waals surface area contributed by atoms with E-state index >= 15 is 0 Å². The number of rotatable bonds is 2. The summed E-state index contributed by atoms with van der Waals surface area (Å²) >= 11 is 5.82. The Hall–Kier alpha value is -1.72. The van der Waals surface area contributed by atoms with Crippen molar-refractivity contribution in [1.82, 2.24) is 10.1 Å². The van der Waals surface area contributed by atoms with Gasteiger partial charge in [-0.15, -0.1) is 0 Å². The maximum atomic E-state index is 11.8. The highest BCUT2D eigenvalue weighted by molar-refractivity contribution is 6.30. The number of benzene rings is 1. The molecule has 1 aromatic carbocycles. The van der Waals surface area contributed by atoms with E-state index in [2.05, 4.69) is 10.1 Å². The molecule has 0 spiro atoms. The van der Waals surface area contributed by atoms with Crippen molar-refractivity contribution in [2.24, 2.45) is 0 Å². The number of carbonyl (C=O) groups excluding carboxylic acids is 1. The van der Waals surface area contributed by atoms with E-state index in [9.17, 15) is 4.79 Å². The third-order valence-corrected chi connectivity index (χ3v) is 3.26. The largest absolute Gasteiger partial charge is 0.380 e. The van der Waals surface area contributed by atoms with Gasteiger partial charge < -0.3 is 9.26 Å². The van der Waals surface area contributed by atoms with Crippen LogP contribution < -0.4 is 0 Å². The summed E-state index contributed by atoms with van der Waals surface area (Å²) in [5.74, 6) is 0.402. The molecule has 0 N–H and O–H groups in total. The second kappa shape index (κ2) is 5.11. The highest BCUT2D eigenvalue weighted by Crippen LogP contribution is 2.24. The molecule has 0 bridgehead atoms. The highest BCUT2D eigenvalue weighted by atomic mass is 35.5. The predicted molar refractivity (Wildman–Crippen MR) is 67.9 cm³/mol. The number of ketones is 1. The minimum Gasteiger partial charge on any atom is -0.380 e. The van der Waals surface area contributed by atoms with Crippen LogP contribution >= 0.6 is 11.6 Å². The van der Waals surface area contributed by atoms with Crippen molar-refractivity contribution in [3.63, 3.8) is 0 Å². The molecule has 1 aliphatic rings. The Morgan fingerprint density at radius 1 is 1.26 bits per heavy atom. The van der Waals surface area contributed by atoms with Crippen LogP contribution in [0, 0.1) is 0 Å². The summed E-state index contributed by atoms with van der Waals surface area (Å²) in [7, 11) is 0. The van der Waals surface area contributed by atoms with Gasteiger partial charge in [0.25, 0.3) is 0 Å². The topological polar surface area (TPSA) is 65.2 Å². The second-order valence-electron chi connectivity index (χ2n) is 4.31. The molecule has 98 valence electrons. The Morgan fingerprint density at radius 2 is 2.05 bits per heavy atom. The zero-order chi connectivity index (χ0) is 13.2. The molecule has 5 nitrogen and oxygen atoms in total. The lowest BCUT2D eigenvalue weighted by molar-refractivity contribution is -0.127. The number of ether oxygens (including phenoxy) is 1. The smallest absolute Gasteiger partial charge is 0.239 e. The Bertz CT molecular complexity index is 594. The lowest BCUT2D eigenvalue weighted by atomic mass is 10.0. The van der Waals surface area contributed by atoms with Gasteiger partial charge >= 0.3 is 0 Å². The van der Waals surface area contributed by atoms with Crippen molar-refractivity contribution in [3.05, 3.63) is 35.2 Å². The van der Waals surface area contributed by atoms with Crippen LogP contribution in [0.15, 0.2) is 28.8 Å². The molecule has 0 amide bonds. The van der Waals surface area contributed by atoms with Crippen LogP contribution in [0.25, 0.3) is 11.4 Å². The molecule has 1 saturated heterocycles. The van der Waals surface area contributed by atoms with Crippen LogP contribution in [0.1, 0.15) is 18.2 Å². The number of hydrogen-bond donors (Lipinski definition) is 0. The van der Waals surface area contributed by atoms with E-state index in [1.807, 2.05) is 0 Å². The van der Waals surface area contributed by atoms with Crippen LogP contribution in [0.3, 0.4) is 0 Å². The molecule has 6 heteroatoms. The van der Waals surface area contributed by atoms with Gasteiger partial charge in [0, 0.05) is 17.0 Å². The van der Waals surface area contributed by atoms with E-state index in [4.69, 9.17) is 20.9 Å². The molecule has 0 radical (unpaired) electrons. The molecule has 3 rings (SSSR count). The normalized spacial score (nSPS) is 19.6. The van der Waals surface area contributed by atoms with Crippen LogP contribution in [0.5, 0.6) is 0 Å². The first kappa shape index (κ1) is 12.3. The maximum absolute atomic E-state index is 11.8. The van der Waals surface area contributed by atoms with Gasteiger partial charge in [0.2, 0.25) is 11.7 Å². The van der Waals surface area contributed by atoms with Gasteiger partial charge in [0.1, 0.15) is 11.7 Å². The molecule has 1 aliphatic heterocycles. The standard InChI is InChI=1S/C13H11ClN2O3/c14-9-3-1-8(2-4-9)12-15-13(19-16-12)10-7-18-6-5-11(10)17/h1-4,10H,5-7H2. The highest BCUT2D eigenvalue weighted by Gasteiger charge is 2.29. The summed E-state index contributed by atoms with van der Waals surface area (Å²) in [4.78, 5) is 16.0. The predicted octanol–water partition coefficient (Wildman–Crippen LogP) is 2.46. The molecule has 2 aromatic rings. The zero-order valence-electron chi connectivity index (χ0n) is 10.0. The Kier molecular flexibility index (Phi) is 3.31. The van der Waals surface area contributed by atoms with E-state index in [0.717, 1.165) is 5.56 Å². The molecule has 19 heavy (non-hydrogen) atoms. The number of nitrogens with zero attached hydrogens (tertiary/aromatic N) is 2. The molecule has 1 aromatic heterocycles. The molecule has 0 aliphatic carbocycles. The minimum atomic E-state index is -0.442. The zero-order valence-corrected chi connectivity index (χ0v) is 10.8. The number of hydrogen-bond acceptors (Lipinski definition) is 5. The number of aromatic nitrogens is 2. The van der Waals surface area contributed by atoms with Crippen LogP contribution in [0.2, 0.25) is 5.02 Å². The maximum Gasteiger partial charge on any atom is 0.239 e. The van der Waals surface area contributed by atoms with Gasteiger partial charge in [0.15, 0.2) is 0 Å². The van der Waals surface area contributed by atoms with Crippen LogP contribution in [-0.2, 0) is 9.53 Å². The summed E-state index contributed by atoms with van der Waals surface area (Å²) in [6, 6.07) is 7.11. The van der Waals surface area contributed by atoms with Crippen molar-refractivity contribution in [2.45, 2.75) is 12.3 Å². The van der Waals surface area contributed by atoms with Crippen molar-refractivity contribution in [1.29, 1.82) is 0 Å². The molecule has 0 saturated carbocycles. The molecular formula is C13H11ClN2O3. The molecular weight excluding hydrogens is 268 g/mol. The van der Waals surface area contributed by atoms with Crippen molar-refractivity contribution >= 4 is 17.4 Å². The van der Waals surface area contributed by atoms with E-state index in [0.29, 0.717) is 36.4 Å². The van der Waals surface area contributed by atoms with Gasteiger partial charge in [0.05, 0.1) is 13.2 Å².